The lowest BCUT2D eigenvalue weighted by atomic mass is 10.2. The summed E-state index contributed by atoms with van der Waals surface area (Å²) in [5.41, 5.74) is 1.03. The number of nitrogens with zero attached hydrogens (tertiary/aromatic N) is 4. The Labute approximate surface area is 148 Å². The topological polar surface area (TPSA) is 77.3 Å². The molecule has 1 atom stereocenters. The second kappa shape index (κ2) is 7.63. The van der Waals surface area contributed by atoms with Crippen LogP contribution in [0.25, 0.3) is 0 Å². The molecule has 1 aliphatic heterocycles. The minimum absolute atomic E-state index is 0.0966. The molecule has 1 fully saturated rings. The van der Waals surface area contributed by atoms with Gasteiger partial charge in [-0.25, -0.2) is 13.4 Å². The van der Waals surface area contributed by atoms with Crippen LogP contribution in [-0.2, 0) is 27.9 Å². The fraction of sp³-hybridized carbons (Fsp3) is 0.529. The normalized spacial score (nSPS) is 18.9. The van der Waals surface area contributed by atoms with Gasteiger partial charge >= 0.3 is 0 Å². The van der Waals surface area contributed by atoms with Crippen LogP contribution in [0.3, 0.4) is 0 Å². The lowest BCUT2D eigenvalue weighted by molar-refractivity contribution is 0.0508. The highest BCUT2D eigenvalue weighted by Crippen LogP contribution is 2.22. The van der Waals surface area contributed by atoms with Gasteiger partial charge in [0.2, 0.25) is 0 Å². The summed E-state index contributed by atoms with van der Waals surface area (Å²) in [4.78, 5) is 8.06. The van der Waals surface area contributed by atoms with Crippen molar-refractivity contribution in [3.05, 3.63) is 42.6 Å². The third kappa shape index (κ3) is 4.45. The van der Waals surface area contributed by atoms with Crippen molar-refractivity contribution in [3.63, 3.8) is 0 Å². The fourth-order valence-corrected chi connectivity index (χ4v) is 4.29. The molecular formula is C17H24N4O3S. The van der Waals surface area contributed by atoms with E-state index in [0.717, 1.165) is 12.1 Å². The summed E-state index contributed by atoms with van der Waals surface area (Å²) in [6, 6.07) is 3.79. The van der Waals surface area contributed by atoms with Crippen LogP contribution in [0.2, 0.25) is 0 Å². The summed E-state index contributed by atoms with van der Waals surface area (Å²) in [5.74, 6) is 0.433. The van der Waals surface area contributed by atoms with E-state index in [1.54, 1.807) is 24.9 Å². The molecule has 0 radical (unpaired) electrons. The number of aromatic nitrogens is 3. The SMILES string of the molecule is CC(C)Cn1cnc(S(=O)(=O)N2CCC(OCc3ccncc3)C2)c1. The molecule has 0 N–H and O–H groups in total. The van der Waals surface area contributed by atoms with E-state index in [9.17, 15) is 8.42 Å². The zero-order valence-electron chi connectivity index (χ0n) is 14.6. The average Bonchev–Trinajstić information content (AvgIpc) is 3.23. The first-order valence-corrected chi connectivity index (χ1v) is 9.91. The Morgan fingerprint density at radius 3 is 2.80 bits per heavy atom. The van der Waals surface area contributed by atoms with Gasteiger partial charge in [-0.05, 0) is 30.0 Å². The fourth-order valence-electron chi connectivity index (χ4n) is 2.87. The molecule has 3 rings (SSSR count). The molecule has 1 unspecified atom stereocenters. The summed E-state index contributed by atoms with van der Waals surface area (Å²) in [6.45, 7) is 6.20. The van der Waals surface area contributed by atoms with Gasteiger partial charge in [-0.3, -0.25) is 4.98 Å². The molecule has 7 nitrogen and oxygen atoms in total. The molecule has 8 heteroatoms. The first-order chi connectivity index (χ1) is 11.9. The maximum absolute atomic E-state index is 12.7. The number of rotatable bonds is 7. The highest BCUT2D eigenvalue weighted by Gasteiger charge is 2.34. The Morgan fingerprint density at radius 1 is 1.32 bits per heavy atom. The second-order valence-corrected chi connectivity index (χ2v) is 8.63. The molecule has 2 aromatic rings. The summed E-state index contributed by atoms with van der Waals surface area (Å²) in [6.07, 6.45) is 7.23. The minimum Gasteiger partial charge on any atom is -0.372 e. The molecule has 2 aromatic heterocycles. The Morgan fingerprint density at radius 2 is 2.08 bits per heavy atom. The number of pyridine rings is 1. The first kappa shape index (κ1) is 18.0. The number of imidazole rings is 1. The zero-order chi connectivity index (χ0) is 17.9. The maximum Gasteiger partial charge on any atom is 0.262 e. The van der Waals surface area contributed by atoms with E-state index < -0.39 is 10.0 Å². The van der Waals surface area contributed by atoms with E-state index in [1.165, 1.54) is 4.31 Å². The van der Waals surface area contributed by atoms with Crippen molar-refractivity contribution < 1.29 is 13.2 Å². The Hall–Kier alpha value is -1.77. The standard InChI is InChI=1S/C17H24N4O3S/c1-14(2)9-20-11-17(19-13-20)25(22,23)21-8-5-16(10-21)24-12-15-3-6-18-7-4-15/h3-4,6-7,11,13-14,16H,5,8-10,12H2,1-2H3. The Bertz CT molecular complexity index is 789. The quantitative estimate of drug-likeness (QED) is 0.750. The van der Waals surface area contributed by atoms with Crippen LogP contribution in [-0.4, -0.2) is 46.5 Å². The molecule has 0 amide bonds. The van der Waals surface area contributed by atoms with Crippen LogP contribution in [0.4, 0.5) is 0 Å². The molecule has 0 saturated carbocycles. The van der Waals surface area contributed by atoms with Gasteiger partial charge in [0, 0.05) is 38.2 Å². The van der Waals surface area contributed by atoms with E-state index in [2.05, 4.69) is 23.8 Å². The van der Waals surface area contributed by atoms with E-state index in [1.807, 2.05) is 16.7 Å². The Kier molecular flexibility index (Phi) is 5.51. The lowest BCUT2D eigenvalue weighted by Crippen LogP contribution is -2.30. The third-order valence-electron chi connectivity index (χ3n) is 4.13. The smallest absolute Gasteiger partial charge is 0.262 e. The van der Waals surface area contributed by atoms with Crippen molar-refractivity contribution in [1.82, 2.24) is 18.8 Å². The van der Waals surface area contributed by atoms with Crippen molar-refractivity contribution in [3.8, 4) is 0 Å². The highest BCUT2D eigenvalue weighted by atomic mass is 32.2. The van der Waals surface area contributed by atoms with Crippen molar-refractivity contribution in [1.29, 1.82) is 0 Å². The van der Waals surface area contributed by atoms with Gasteiger partial charge in [-0.15, -0.1) is 0 Å². The van der Waals surface area contributed by atoms with Gasteiger partial charge < -0.3 is 9.30 Å². The van der Waals surface area contributed by atoms with E-state index in [4.69, 9.17) is 4.74 Å². The Balaban J connectivity index is 1.59. The summed E-state index contributed by atoms with van der Waals surface area (Å²) < 4.78 is 34.6. The van der Waals surface area contributed by atoms with E-state index in [0.29, 0.717) is 32.0 Å². The predicted octanol–water partition coefficient (Wildman–Crippen LogP) is 1.91. The zero-order valence-corrected chi connectivity index (χ0v) is 15.4. The molecule has 0 spiro atoms. The molecule has 25 heavy (non-hydrogen) atoms. The maximum atomic E-state index is 12.7. The van der Waals surface area contributed by atoms with E-state index in [-0.39, 0.29) is 11.1 Å². The monoisotopic (exact) mass is 364 g/mol. The minimum atomic E-state index is -3.56. The molecular weight excluding hydrogens is 340 g/mol. The van der Waals surface area contributed by atoms with Crippen molar-refractivity contribution in [2.45, 2.75) is 44.5 Å². The number of ether oxygens (including phenoxy) is 1. The molecule has 3 heterocycles. The third-order valence-corrected chi connectivity index (χ3v) is 5.88. The van der Waals surface area contributed by atoms with Gasteiger partial charge in [0.15, 0.2) is 5.03 Å². The van der Waals surface area contributed by atoms with Crippen molar-refractivity contribution >= 4 is 10.0 Å². The van der Waals surface area contributed by atoms with Crippen LogP contribution in [0, 0.1) is 5.92 Å². The summed E-state index contributed by atoms with van der Waals surface area (Å²) in [7, 11) is -3.56. The number of hydrogen-bond acceptors (Lipinski definition) is 5. The van der Waals surface area contributed by atoms with Crippen molar-refractivity contribution in [2.24, 2.45) is 5.92 Å². The van der Waals surface area contributed by atoms with Gasteiger partial charge in [-0.2, -0.15) is 4.31 Å². The van der Waals surface area contributed by atoms with Crippen LogP contribution < -0.4 is 0 Å². The molecule has 136 valence electrons. The first-order valence-electron chi connectivity index (χ1n) is 8.47. The predicted molar refractivity (Wildman–Crippen MR) is 93.3 cm³/mol. The average molecular weight is 364 g/mol. The number of hydrogen-bond donors (Lipinski definition) is 0. The molecule has 1 aliphatic rings. The molecule has 1 saturated heterocycles. The summed E-state index contributed by atoms with van der Waals surface area (Å²) >= 11 is 0. The van der Waals surface area contributed by atoms with Gasteiger partial charge in [0.1, 0.15) is 0 Å². The van der Waals surface area contributed by atoms with Crippen LogP contribution >= 0.6 is 0 Å². The number of sulfonamides is 1. The van der Waals surface area contributed by atoms with Gasteiger partial charge in [0.05, 0.1) is 19.0 Å². The van der Waals surface area contributed by atoms with Gasteiger partial charge in [-0.1, -0.05) is 13.8 Å². The summed E-state index contributed by atoms with van der Waals surface area (Å²) in [5, 5.41) is 0.114. The molecule has 0 aromatic carbocycles. The van der Waals surface area contributed by atoms with Crippen LogP contribution in [0.5, 0.6) is 0 Å². The lowest BCUT2D eigenvalue weighted by Gasteiger charge is -2.15. The van der Waals surface area contributed by atoms with Crippen LogP contribution in [0.1, 0.15) is 25.8 Å². The molecule has 0 aliphatic carbocycles. The second-order valence-electron chi connectivity index (χ2n) is 6.74. The largest absolute Gasteiger partial charge is 0.372 e. The van der Waals surface area contributed by atoms with E-state index >= 15 is 0 Å². The molecule has 0 bridgehead atoms. The van der Waals surface area contributed by atoms with Gasteiger partial charge in [0.25, 0.3) is 10.0 Å². The highest BCUT2D eigenvalue weighted by molar-refractivity contribution is 7.89. The van der Waals surface area contributed by atoms with Crippen LogP contribution in [0.15, 0.2) is 42.1 Å². The van der Waals surface area contributed by atoms with Crippen molar-refractivity contribution in [2.75, 3.05) is 13.1 Å².